The van der Waals surface area contributed by atoms with Gasteiger partial charge in [-0.15, -0.1) is 0 Å². The third kappa shape index (κ3) is 4.32. The van der Waals surface area contributed by atoms with Crippen LogP contribution in [0.25, 0.3) is 0 Å². The van der Waals surface area contributed by atoms with E-state index in [1.54, 1.807) is 0 Å². The fraction of sp³-hybridized carbons (Fsp3) is 0.652. The number of hydrogen-bond acceptors (Lipinski definition) is 6. The summed E-state index contributed by atoms with van der Waals surface area (Å²) in [4.78, 5) is 31.5. The summed E-state index contributed by atoms with van der Waals surface area (Å²) in [6, 6.07) is 8.18. The highest BCUT2D eigenvalue weighted by molar-refractivity contribution is 6.05. The van der Waals surface area contributed by atoms with Crippen molar-refractivity contribution in [1.29, 1.82) is 0 Å². The van der Waals surface area contributed by atoms with E-state index in [0.29, 0.717) is 32.4 Å². The molecule has 2 aliphatic heterocycles. The molecule has 2 heterocycles. The number of piperazine rings is 1. The average Bonchev–Trinajstić information content (AvgIpc) is 2.99. The summed E-state index contributed by atoms with van der Waals surface area (Å²) in [6.45, 7) is 7.83. The third-order valence-corrected chi connectivity index (χ3v) is 6.72. The molecule has 7 heteroatoms. The zero-order chi connectivity index (χ0) is 21.1. The van der Waals surface area contributed by atoms with Crippen molar-refractivity contribution in [3.63, 3.8) is 0 Å². The Balaban J connectivity index is 1.24. The Hall–Kier alpha value is -2.12. The van der Waals surface area contributed by atoms with E-state index in [1.165, 1.54) is 4.90 Å². The van der Waals surface area contributed by atoms with Crippen molar-refractivity contribution < 1.29 is 19.4 Å². The minimum Gasteiger partial charge on any atom is -0.492 e. The van der Waals surface area contributed by atoms with Crippen LogP contribution in [0.5, 0.6) is 5.75 Å². The zero-order valence-corrected chi connectivity index (χ0v) is 17.8. The number of carbonyl (C=O) groups excluding carboxylic acids is 2. The third-order valence-electron chi connectivity index (χ3n) is 6.72. The number of benzene rings is 1. The van der Waals surface area contributed by atoms with Crippen LogP contribution in [0.3, 0.4) is 0 Å². The molecule has 1 aromatic carbocycles. The van der Waals surface area contributed by atoms with Gasteiger partial charge in [-0.3, -0.25) is 19.4 Å². The van der Waals surface area contributed by atoms with Crippen LogP contribution in [-0.2, 0) is 9.59 Å². The first kappa shape index (κ1) is 21.1. The molecule has 3 unspecified atom stereocenters. The number of aliphatic hydroxyl groups is 1. The second-order valence-electron chi connectivity index (χ2n) is 8.59. The van der Waals surface area contributed by atoms with E-state index in [0.717, 1.165) is 50.6 Å². The summed E-state index contributed by atoms with van der Waals surface area (Å²) in [5, 5.41) is 9.84. The summed E-state index contributed by atoms with van der Waals surface area (Å²) in [6.07, 6.45) is 2.07. The van der Waals surface area contributed by atoms with Gasteiger partial charge in [-0.05, 0) is 51.3 Å². The standard InChI is InChI=1S/C23H33N3O4/c1-2-30-21-7-4-3-6-20(21)25-14-12-24(13-15-25)10-5-11-26-22(28)18-9-8-17(27)16-19(18)23(26)29/h3-4,6-7,17-19,27H,2,5,8-16H2,1H3. The van der Waals surface area contributed by atoms with Gasteiger partial charge in [0, 0.05) is 32.7 Å². The van der Waals surface area contributed by atoms with E-state index in [9.17, 15) is 14.7 Å². The van der Waals surface area contributed by atoms with Gasteiger partial charge in [0.2, 0.25) is 11.8 Å². The molecule has 1 aromatic rings. The molecule has 164 valence electrons. The minimum atomic E-state index is -0.438. The van der Waals surface area contributed by atoms with Gasteiger partial charge in [-0.2, -0.15) is 0 Å². The fourth-order valence-corrected chi connectivity index (χ4v) is 5.11. The maximum absolute atomic E-state index is 12.6. The van der Waals surface area contributed by atoms with Crippen LogP contribution in [0.1, 0.15) is 32.6 Å². The highest BCUT2D eigenvalue weighted by Crippen LogP contribution is 2.38. The SMILES string of the molecule is CCOc1ccccc1N1CCN(CCCN2C(=O)C3CCC(O)CC3C2=O)CC1. The highest BCUT2D eigenvalue weighted by atomic mass is 16.5. The molecule has 2 amide bonds. The van der Waals surface area contributed by atoms with Crippen molar-refractivity contribution in [1.82, 2.24) is 9.80 Å². The molecule has 0 bridgehead atoms. The van der Waals surface area contributed by atoms with Crippen molar-refractivity contribution in [2.75, 3.05) is 50.8 Å². The number of hydrogen-bond donors (Lipinski definition) is 1. The Kier molecular flexibility index (Phi) is 6.58. The van der Waals surface area contributed by atoms with E-state index in [4.69, 9.17) is 4.74 Å². The molecule has 1 N–H and O–H groups in total. The van der Waals surface area contributed by atoms with Crippen molar-refractivity contribution >= 4 is 17.5 Å². The first-order valence-electron chi connectivity index (χ1n) is 11.3. The summed E-state index contributed by atoms with van der Waals surface area (Å²) in [5.41, 5.74) is 1.15. The summed E-state index contributed by atoms with van der Waals surface area (Å²) >= 11 is 0. The van der Waals surface area contributed by atoms with Crippen LogP contribution >= 0.6 is 0 Å². The van der Waals surface area contributed by atoms with Crippen LogP contribution in [0.4, 0.5) is 5.69 Å². The number of carbonyl (C=O) groups is 2. The molecular weight excluding hydrogens is 382 g/mol. The van der Waals surface area contributed by atoms with Crippen LogP contribution < -0.4 is 9.64 Å². The Morgan fingerprint density at radius 1 is 1.00 bits per heavy atom. The Bertz CT molecular complexity index is 763. The molecule has 1 saturated carbocycles. The van der Waals surface area contributed by atoms with Crippen LogP contribution in [-0.4, -0.2) is 78.7 Å². The molecular formula is C23H33N3O4. The van der Waals surface area contributed by atoms with E-state index in [2.05, 4.69) is 15.9 Å². The predicted octanol–water partition coefficient (Wildman–Crippen LogP) is 1.74. The molecule has 3 atom stereocenters. The maximum Gasteiger partial charge on any atom is 0.233 e. The topological polar surface area (TPSA) is 73.3 Å². The van der Waals surface area contributed by atoms with E-state index in [1.807, 2.05) is 25.1 Å². The maximum atomic E-state index is 12.6. The lowest BCUT2D eigenvalue weighted by Gasteiger charge is -2.36. The summed E-state index contributed by atoms with van der Waals surface area (Å²) < 4.78 is 5.77. The number of rotatable bonds is 7. The van der Waals surface area contributed by atoms with Crippen molar-refractivity contribution in [2.24, 2.45) is 11.8 Å². The molecule has 0 aromatic heterocycles. The molecule has 3 fully saturated rings. The molecule has 0 radical (unpaired) electrons. The molecule has 2 saturated heterocycles. The number of imide groups is 1. The van der Waals surface area contributed by atoms with Crippen LogP contribution in [0, 0.1) is 11.8 Å². The van der Waals surface area contributed by atoms with Crippen LogP contribution in [0.15, 0.2) is 24.3 Å². The van der Waals surface area contributed by atoms with E-state index >= 15 is 0 Å². The fourth-order valence-electron chi connectivity index (χ4n) is 5.11. The Morgan fingerprint density at radius 3 is 2.50 bits per heavy atom. The summed E-state index contributed by atoms with van der Waals surface area (Å²) in [7, 11) is 0. The molecule has 1 aliphatic carbocycles. The van der Waals surface area contributed by atoms with Crippen molar-refractivity contribution in [2.45, 2.75) is 38.7 Å². The summed E-state index contributed by atoms with van der Waals surface area (Å²) in [5.74, 6) is 0.353. The van der Waals surface area contributed by atoms with Gasteiger partial charge in [-0.1, -0.05) is 12.1 Å². The molecule has 30 heavy (non-hydrogen) atoms. The second kappa shape index (κ2) is 9.35. The predicted molar refractivity (Wildman–Crippen MR) is 114 cm³/mol. The lowest BCUT2D eigenvalue weighted by atomic mass is 9.80. The van der Waals surface area contributed by atoms with E-state index in [-0.39, 0.29) is 23.7 Å². The number of anilines is 1. The Labute approximate surface area is 178 Å². The number of para-hydroxylation sites is 2. The van der Waals surface area contributed by atoms with Gasteiger partial charge in [0.15, 0.2) is 0 Å². The van der Waals surface area contributed by atoms with Gasteiger partial charge in [0.1, 0.15) is 5.75 Å². The quantitative estimate of drug-likeness (QED) is 0.684. The largest absolute Gasteiger partial charge is 0.492 e. The zero-order valence-electron chi connectivity index (χ0n) is 17.8. The smallest absolute Gasteiger partial charge is 0.233 e. The van der Waals surface area contributed by atoms with Gasteiger partial charge in [0.05, 0.1) is 30.2 Å². The number of nitrogens with zero attached hydrogens (tertiary/aromatic N) is 3. The minimum absolute atomic E-state index is 0.0192. The number of amides is 2. The van der Waals surface area contributed by atoms with Gasteiger partial charge < -0.3 is 14.7 Å². The monoisotopic (exact) mass is 415 g/mol. The lowest BCUT2D eigenvalue weighted by molar-refractivity contribution is -0.140. The normalized spacial score (nSPS) is 27.5. The Morgan fingerprint density at radius 2 is 1.73 bits per heavy atom. The molecule has 4 rings (SSSR count). The molecule has 0 spiro atoms. The average molecular weight is 416 g/mol. The second-order valence-corrected chi connectivity index (χ2v) is 8.59. The first-order chi connectivity index (χ1) is 14.6. The number of fused-ring (bicyclic) bond motifs is 1. The number of ether oxygens (including phenoxy) is 1. The van der Waals surface area contributed by atoms with Crippen molar-refractivity contribution in [3.05, 3.63) is 24.3 Å². The van der Waals surface area contributed by atoms with Gasteiger partial charge in [-0.25, -0.2) is 0 Å². The van der Waals surface area contributed by atoms with Gasteiger partial charge >= 0.3 is 0 Å². The van der Waals surface area contributed by atoms with E-state index < -0.39 is 6.10 Å². The van der Waals surface area contributed by atoms with Crippen LogP contribution in [0.2, 0.25) is 0 Å². The lowest BCUT2D eigenvalue weighted by Crippen LogP contribution is -2.47. The highest BCUT2D eigenvalue weighted by Gasteiger charge is 2.49. The number of aliphatic hydroxyl groups excluding tert-OH is 1. The first-order valence-corrected chi connectivity index (χ1v) is 11.3. The van der Waals surface area contributed by atoms with Crippen molar-refractivity contribution in [3.8, 4) is 5.75 Å². The molecule has 3 aliphatic rings. The van der Waals surface area contributed by atoms with Gasteiger partial charge in [0.25, 0.3) is 0 Å². The number of likely N-dealkylation sites (tertiary alicyclic amines) is 1. The molecule has 7 nitrogen and oxygen atoms in total.